The van der Waals surface area contributed by atoms with Gasteiger partial charge in [-0.1, -0.05) is 60.1 Å². The number of sulfonamides is 1. The largest absolute Gasteiger partial charge is 0.352 e. The summed E-state index contributed by atoms with van der Waals surface area (Å²) in [6.45, 7) is 0.319. The quantitative estimate of drug-likeness (QED) is 0.635. The van der Waals surface area contributed by atoms with Gasteiger partial charge in [0.1, 0.15) is 0 Å². The molecule has 2 N–H and O–H groups in total. The van der Waals surface area contributed by atoms with Gasteiger partial charge in [-0.05, 0) is 34.5 Å². The number of carbonyl (C=O) groups is 1. The lowest BCUT2D eigenvalue weighted by atomic mass is 10.1. The molecule has 0 aliphatic heterocycles. The van der Waals surface area contributed by atoms with Gasteiger partial charge in [0.05, 0.1) is 4.90 Å². The van der Waals surface area contributed by atoms with Crippen molar-refractivity contribution in [2.75, 3.05) is 6.54 Å². The normalized spacial score (nSPS) is 11.4. The van der Waals surface area contributed by atoms with E-state index < -0.39 is 10.0 Å². The Bertz CT molecular complexity index is 1070. The Labute approximate surface area is 163 Å². The first-order chi connectivity index (χ1) is 13.0. The number of rotatable bonds is 7. The van der Waals surface area contributed by atoms with Crippen molar-refractivity contribution in [3.05, 3.63) is 77.3 Å². The molecule has 3 rings (SSSR count). The fourth-order valence-electron chi connectivity index (χ4n) is 2.64. The van der Waals surface area contributed by atoms with E-state index >= 15 is 0 Å². The highest BCUT2D eigenvalue weighted by molar-refractivity contribution is 7.89. The highest BCUT2D eigenvalue weighted by Crippen LogP contribution is 2.18. The minimum atomic E-state index is -3.67. The Morgan fingerprint density at radius 3 is 2.41 bits per heavy atom. The van der Waals surface area contributed by atoms with Crippen LogP contribution in [0.5, 0.6) is 0 Å². The van der Waals surface area contributed by atoms with Gasteiger partial charge in [-0.3, -0.25) is 4.79 Å². The van der Waals surface area contributed by atoms with Crippen LogP contribution in [0.4, 0.5) is 0 Å². The SMILES string of the molecule is O=C(CCNS(=O)(=O)c1ccc2ccccc2c1)NCc1ccccc1Cl. The third-order valence-corrected chi connectivity index (χ3v) is 5.94. The van der Waals surface area contributed by atoms with Crippen molar-refractivity contribution in [1.29, 1.82) is 0 Å². The van der Waals surface area contributed by atoms with E-state index in [1.54, 1.807) is 24.3 Å². The maximum absolute atomic E-state index is 12.4. The van der Waals surface area contributed by atoms with Crippen molar-refractivity contribution in [1.82, 2.24) is 10.0 Å². The second-order valence-corrected chi connectivity index (χ2v) is 8.20. The lowest BCUT2D eigenvalue weighted by Crippen LogP contribution is -2.30. The minimum Gasteiger partial charge on any atom is -0.352 e. The number of carbonyl (C=O) groups excluding carboxylic acids is 1. The molecule has 5 nitrogen and oxygen atoms in total. The average Bonchev–Trinajstić information content (AvgIpc) is 2.67. The fourth-order valence-corrected chi connectivity index (χ4v) is 3.91. The van der Waals surface area contributed by atoms with Crippen LogP contribution in [0, 0.1) is 0 Å². The summed E-state index contributed by atoms with van der Waals surface area (Å²) in [5.41, 5.74) is 0.810. The van der Waals surface area contributed by atoms with Gasteiger partial charge in [-0.25, -0.2) is 13.1 Å². The third-order valence-electron chi connectivity index (χ3n) is 4.11. The molecule has 3 aromatic rings. The Kier molecular flexibility index (Phi) is 6.11. The molecular weight excluding hydrogens is 384 g/mol. The molecule has 0 saturated heterocycles. The summed E-state index contributed by atoms with van der Waals surface area (Å²) in [5, 5.41) is 5.12. The van der Waals surface area contributed by atoms with Gasteiger partial charge in [0, 0.05) is 24.5 Å². The summed E-state index contributed by atoms with van der Waals surface area (Å²) >= 11 is 6.04. The number of hydrogen-bond donors (Lipinski definition) is 2. The molecule has 0 aliphatic carbocycles. The number of fused-ring (bicyclic) bond motifs is 1. The molecule has 0 unspecified atom stereocenters. The summed E-state index contributed by atoms with van der Waals surface area (Å²) < 4.78 is 27.3. The van der Waals surface area contributed by atoms with Gasteiger partial charge >= 0.3 is 0 Å². The second-order valence-electron chi connectivity index (χ2n) is 6.02. The van der Waals surface area contributed by atoms with Crippen LogP contribution in [-0.2, 0) is 21.4 Å². The standard InChI is InChI=1S/C20H19ClN2O3S/c21-19-8-4-3-7-17(19)14-22-20(24)11-12-23-27(25,26)18-10-9-15-5-1-2-6-16(15)13-18/h1-10,13,23H,11-12,14H2,(H,22,24). The molecular formula is C20H19ClN2O3S. The lowest BCUT2D eigenvalue weighted by Gasteiger charge is -2.09. The van der Waals surface area contributed by atoms with E-state index in [9.17, 15) is 13.2 Å². The molecule has 0 fully saturated rings. The van der Waals surface area contributed by atoms with Gasteiger partial charge in [0.2, 0.25) is 15.9 Å². The molecule has 0 aromatic heterocycles. The number of halogens is 1. The lowest BCUT2D eigenvalue weighted by molar-refractivity contribution is -0.121. The Morgan fingerprint density at radius 1 is 0.926 bits per heavy atom. The fraction of sp³-hybridized carbons (Fsp3) is 0.150. The minimum absolute atomic E-state index is 0.0174. The molecule has 0 aliphatic rings. The van der Waals surface area contributed by atoms with Crippen LogP contribution >= 0.6 is 11.6 Å². The van der Waals surface area contributed by atoms with E-state index in [1.165, 1.54) is 0 Å². The molecule has 1 amide bonds. The Balaban J connectivity index is 1.53. The van der Waals surface area contributed by atoms with Crippen molar-refractivity contribution < 1.29 is 13.2 Å². The van der Waals surface area contributed by atoms with E-state index in [1.807, 2.05) is 42.5 Å². The van der Waals surface area contributed by atoms with Gasteiger partial charge in [0.25, 0.3) is 0 Å². The molecule has 27 heavy (non-hydrogen) atoms. The zero-order chi connectivity index (χ0) is 19.3. The van der Waals surface area contributed by atoms with Gasteiger partial charge in [-0.2, -0.15) is 0 Å². The first-order valence-corrected chi connectivity index (χ1v) is 10.3. The average molecular weight is 403 g/mol. The smallest absolute Gasteiger partial charge is 0.240 e. The number of benzene rings is 3. The zero-order valence-corrected chi connectivity index (χ0v) is 16.1. The van der Waals surface area contributed by atoms with Crippen molar-refractivity contribution in [3.63, 3.8) is 0 Å². The van der Waals surface area contributed by atoms with Crippen molar-refractivity contribution in [2.45, 2.75) is 17.9 Å². The summed E-state index contributed by atoms with van der Waals surface area (Å²) in [6.07, 6.45) is 0.0390. The highest BCUT2D eigenvalue weighted by Gasteiger charge is 2.14. The van der Waals surface area contributed by atoms with Crippen LogP contribution in [0.2, 0.25) is 5.02 Å². The molecule has 0 radical (unpaired) electrons. The molecule has 0 spiro atoms. The third kappa shape index (κ3) is 5.07. The Morgan fingerprint density at radius 2 is 1.63 bits per heavy atom. The molecule has 3 aromatic carbocycles. The summed E-state index contributed by atoms with van der Waals surface area (Å²) in [6, 6.07) is 19.7. The van der Waals surface area contributed by atoms with Gasteiger partial charge < -0.3 is 5.32 Å². The predicted octanol–water partition coefficient (Wildman–Crippen LogP) is 3.48. The molecule has 0 heterocycles. The van der Waals surface area contributed by atoms with Crippen LogP contribution in [0.25, 0.3) is 10.8 Å². The van der Waals surface area contributed by atoms with Crippen molar-refractivity contribution in [3.8, 4) is 0 Å². The highest BCUT2D eigenvalue weighted by atomic mass is 35.5. The van der Waals surface area contributed by atoms with Gasteiger partial charge in [0.15, 0.2) is 0 Å². The van der Waals surface area contributed by atoms with Crippen molar-refractivity contribution >= 4 is 38.3 Å². The molecule has 0 atom stereocenters. The van der Waals surface area contributed by atoms with Crippen LogP contribution in [0.1, 0.15) is 12.0 Å². The number of amides is 1. The summed E-state index contributed by atoms with van der Waals surface area (Å²) in [5.74, 6) is -0.254. The summed E-state index contributed by atoms with van der Waals surface area (Å²) in [4.78, 5) is 12.1. The summed E-state index contributed by atoms with van der Waals surface area (Å²) in [7, 11) is -3.67. The van der Waals surface area contributed by atoms with E-state index in [0.717, 1.165) is 16.3 Å². The topological polar surface area (TPSA) is 75.3 Å². The van der Waals surface area contributed by atoms with Crippen LogP contribution < -0.4 is 10.0 Å². The van der Waals surface area contributed by atoms with E-state index in [-0.39, 0.29) is 23.8 Å². The zero-order valence-electron chi connectivity index (χ0n) is 14.5. The monoisotopic (exact) mass is 402 g/mol. The first kappa shape index (κ1) is 19.4. The number of hydrogen-bond acceptors (Lipinski definition) is 3. The van der Waals surface area contributed by atoms with Crippen molar-refractivity contribution in [2.24, 2.45) is 0 Å². The molecule has 0 saturated carbocycles. The maximum atomic E-state index is 12.4. The maximum Gasteiger partial charge on any atom is 0.240 e. The first-order valence-electron chi connectivity index (χ1n) is 8.44. The molecule has 0 bridgehead atoms. The van der Waals surface area contributed by atoms with E-state index in [2.05, 4.69) is 10.0 Å². The van der Waals surface area contributed by atoms with E-state index in [4.69, 9.17) is 11.6 Å². The van der Waals surface area contributed by atoms with Crippen LogP contribution in [-0.4, -0.2) is 20.9 Å². The van der Waals surface area contributed by atoms with Crippen LogP contribution in [0.3, 0.4) is 0 Å². The van der Waals surface area contributed by atoms with E-state index in [0.29, 0.717) is 11.6 Å². The Hall–Kier alpha value is -2.41. The molecule has 7 heteroatoms. The second kappa shape index (κ2) is 8.52. The predicted molar refractivity (Wildman–Crippen MR) is 107 cm³/mol. The van der Waals surface area contributed by atoms with Crippen LogP contribution in [0.15, 0.2) is 71.6 Å². The molecule has 140 valence electrons. The van der Waals surface area contributed by atoms with Gasteiger partial charge in [-0.15, -0.1) is 0 Å². The number of nitrogens with one attached hydrogen (secondary N) is 2.